The van der Waals surface area contributed by atoms with Crippen LogP contribution in [0.25, 0.3) is 10.8 Å². The van der Waals surface area contributed by atoms with Crippen molar-refractivity contribution in [2.75, 3.05) is 26.2 Å². The van der Waals surface area contributed by atoms with Gasteiger partial charge < -0.3 is 4.90 Å². The second kappa shape index (κ2) is 9.97. The zero-order chi connectivity index (χ0) is 23.3. The molecule has 34 heavy (non-hydrogen) atoms. The highest BCUT2D eigenvalue weighted by molar-refractivity contribution is 5.84. The number of benzene rings is 2. The average molecular weight is 454 g/mol. The Balaban J connectivity index is 1.31. The zero-order valence-corrected chi connectivity index (χ0v) is 19.0. The van der Waals surface area contributed by atoms with Crippen LogP contribution in [0.15, 0.2) is 83.9 Å². The maximum atomic E-state index is 13.1. The topological polar surface area (TPSA) is 71.3 Å². The number of aromatic nitrogens is 3. The number of carbonyl (C=O) groups is 1. The fourth-order valence-corrected chi connectivity index (χ4v) is 4.46. The lowest BCUT2D eigenvalue weighted by atomic mass is 10.1. The van der Waals surface area contributed by atoms with Crippen molar-refractivity contribution >= 4 is 16.7 Å². The Morgan fingerprint density at radius 1 is 0.794 bits per heavy atom. The van der Waals surface area contributed by atoms with Crippen LogP contribution < -0.4 is 5.56 Å². The molecule has 2 aromatic heterocycles. The van der Waals surface area contributed by atoms with Crippen LogP contribution in [0.1, 0.15) is 16.8 Å². The van der Waals surface area contributed by atoms with E-state index >= 15 is 0 Å². The van der Waals surface area contributed by atoms with Crippen molar-refractivity contribution in [1.82, 2.24) is 24.6 Å². The third-order valence-corrected chi connectivity index (χ3v) is 6.32. The molecule has 0 aliphatic carbocycles. The fraction of sp³-hybridized carbons (Fsp3) is 0.259. The van der Waals surface area contributed by atoms with Gasteiger partial charge in [0.1, 0.15) is 6.54 Å². The molecule has 172 valence electrons. The number of rotatable bonds is 6. The Morgan fingerprint density at radius 2 is 1.47 bits per heavy atom. The van der Waals surface area contributed by atoms with Crippen LogP contribution in [-0.2, 0) is 24.3 Å². The summed E-state index contributed by atoms with van der Waals surface area (Å²) in [6.45, 7) is 3.76. The molecule has 7 heteroatoms. The van der Waals surface area contributed by atoms with Crippen molar-refractivity contribution in [3.05, 3.63) is 106 Å². The number of carbonyl (C=O) groups excluding carboxylic acids is 1. The van der Waals surface area contributed by atoms with Gasteiger partial charge in [-0.3, -0.25) is 19.5 Å². The van der Waals surface area contributed by atoms with Gasteiger partial charge in [0, 0.05) is 56.9 Å². The van der Waals surface area contributed by atoms with Gasteiger partial charge in [0.2, 0.25) is 5.91 Å². The molecule has 0 radical (unpaired) electrons. The third kappa shape index (κ3) is 4.89. The second-order valence-electron chi connectivity index (χ2n) is 8.63. The third-order valence-electron chi connectivity index (χ3n) is 6.32. The number of pyridine rings is 1. The summed E-state index contributed by atoms with van der Waals surface area (Å²) in [5.74, 6) is -0.0703. The van der Waals surface area contributed by atoms with Crippen molar-refractivity contribution < 1.29 is 4.79 Å². The molecular weight excluding hydrogens is 426 g/mol. The van der Waals surface area contributed by atoms with E-state index in [1.807, 2.05) is 53.4 Å². The average Bonchev–Trinajstić information content (AvgIpc) is 2.88. The number of hydrogen-bond donors (Lipinski definition) is 0. The van der Waals surface area contributed by atoms with E-state index in [1.54, 1.807) is 18.5 Å². The van der Waals surface area contributed by atoms with E-state index in [2.05, 4.69) is 27.1 Å². The van der Waals surface area contributed by atoms with Gasteiger partial charge in [-0.2, -0.15) is 5.10 Å². The summed E-state index contributed by atoms with van der Waals surface area (Å²) in [7, 11) is 0. The molecule has 4 aromatic rings. The smallest absolute Gasteiger partial charge is 0.275 e. The molecular formula is C27H27N5O2. The largest absolute Gasteiger partial charge is 0.339 e. The SMILES string of the molecule is O=C(Cn1nc(Cc2ccncc2)c2ccccc2c1=O)N1CCN(Cc2ccccc2)CC1. The Morgan fingerprint density at radius 3 is 2.21 bits per heavy atom. The lowest BCUT2D eigenvalue weighted by Crippen LogP contribution is -2.49. The molecule has 1 aliphatic heterocycles. The molecule has 1 saturated heterocycles. The second-order valence-corrected chi connectivity index (χ2v) is 8.63. The maximum Gasteiger partial charge on any atom is 0.275 e. The summed E-state index contributed by atoms with van der Waals surface area (Å²) in [6.07, 6.45) is 4.05. The fourth-order valence-electron chi connectivity index (χ4n) is 4.46. The molecule has 3 heterocycles. The van der Waals surface area contributed by atoms with Crippen molar-refractivity contribution in [3.63, 3.8) is 0 Å². The van der Waals surface area contributed by atoms with Gasteiger partial charge in [0.15, 0.2) is 0 Å². The van der Waals surface area contributed by atoms with E-state index in [9.17, 15) is 9.59 Å². The van der Waals surface area contributed by atoms with Gasteiger partial charge in [-0.15, -0.1) is 0 Å². The number of hydrogen-bond acceptors (Lipinski definition) is 5. The predicted molar refractivity (Wildman–Crippen MR) is 131 cm³/mol. The molecule has 1 fully saturated rings. The molecule has 1 amide bonds. The van der Waals surface area contributed by atoms with Crippen LogP contribution in [0.2, 0.25) is 0 Å². The van der Waals surface area contributed by atoms with Gasteiger partial charge in [0.05, 0.1) is 11.1 Å². The number of piperazine rings is 1. The van der Waals surface area contributed by atoms with Crippen LogP contribution >= 0.6 is 0 Å². The van der Waals surface area contributed by atoms with Gasteiger partial charge in [-0.1, -0.05) is 48.5 Å². The predicted octanol–water partition coefficient (Wildman–Crippen LogP) is 2.73. The van der Waals surface area contributed by atoms with Crippen LogP contribution in [0, 0.1) is 0 Å². The first-order valence-electron chi connectivity index (χ1n) is 11.6. The normalized spacial score (nSPS) is 14.4. The lowest BCUT2D eigenvalue weighted by molar-refractivity contribution is -0.133. The maximum absolute atomic E-state index is 13.1. The van der Waals surface area contributed by atoms with E-state index in [1.165, 1.54) is 10.2 Å². The van der Waals surface area contributed by atoms with Crippen molar-refractivity contribution in [1.29, 1.82) is 0 Å². The Hall–Kier alpha value is -3.84. The van der Waals surface area contributed by atoms with E-state index < -0.39 is 0 Å². The Labute approximate surface area is 198 Å². The quantitative estimate of drug-likeness (QED) is 0.449. The van der Waals surface area contributed by atoms with Gasteiger partial charge >= 0.3 is 0 Å². The monoisotopic (exact) mass is 453 g/mol. The van der Waals surface area contributed by atoms with Gasteiger partial charge in [0.25, 0.3) is 5.56 Å². The highest BCUT2D eigenvalue weighted by Crippen LogP contribution is 2.17. The molecule has 0 unspecified atom stereocenters. The van der Waals surface area contributed by atoms with Crippen LogP contribution in [0.3, 0.4) is 0 Å². The van der Waals surface area contributed by atoms with E-state index in [4.69, 9.17) is 0 Å². The van der Waals surface area contributed by atoms with E-state index in [0.29, 0.717) is 24.9 Å². The molecule has 5 rings (SSSR count). The van der Waals surface area contributed by atoms with Gasteiger partial charge in [-0.25, -0.2) is 4.68 Å². The highest BCUT2D eigenvalue weighted by atomic mass is 16.2. The molecule has 2 aromatic carbocycles. The van der Waals surface area contributed by atoms with Crippen LogP contribution in [-0.4, -0.2) is 56.7 Å². The Bertz CT molecular complexity index is 1330. The van der Waals surface area contributed by atoms with Crippen molar-refractivity contribution in [3.8, 4) is 0 Å². The summed E-state index contributed by atoms with van der Waals surface area (Å²) in [5, 5.41) is 6.03. The molecule has 0 saturated carbocycles. The minimum absolute atomic E-state index is 0.0499. The molecule has 0 spiro atoms. The first-order chi connectivity index (χ1) is 16.7. The summed E-state index contributed by atoms with van der Waals surface area (Å²) in [4.78, 5) is 34.5. The first kappa shape index (κ1) is 22.0. The number of nitrogens with zero attached hydrogens (tertiary/aromatic N) is 5. The van der Waals surface area contributed by atoms with Gasteiger partial charge in [-0.05, 0) is 29.3 Å². The minimum atomic E-state index is -0.231. The number of fused-ring (bicyclic) bond motifs is 1. The first-order valence-corrected chi connectivity index (χ1v) is 11.6. The summed E-state index contributed by atoms with van der Waals surface area (Å²) in [5.41, 5.74) is 2.88. The molecule has 0 N–H and O–H groups in total. The molecule has 0 atom stereocenters. The Kier molecular flexibility index (Phi) is 6.44. The summed E-state index contributed by atoms with van der Waals surface area (Å²) >= 11 is 0. The summed E-state index contributed by atoms with van der Waals surface area (Å²) in [6, 6.07) is 21.7. The zero-order valence-electron chi connectivity index (χ0n) is 19.0. The molecule has 0 bridgehead atoms. The standard InChI is InChI=1S/C27H27N5O2/c33-26(31-16-14-30(15-17-31)19-22-6-2-1-3-7-22)20-32-27(34)24-9-5-4-8-23(24)25(29-32)18-21-10-12-28-13-11-21/h1-13H,14-20H2. The van der Waals surface area contributed by atoms with E-state index in [0.717, 1.165) is 36.3 Å². The van der Waals surface area contributed by atoms with Crippen molar-refractivity contribution in [2.24, 2.45) is 0 Å². The minimum Gasteiger partial charge on any atom is -0.339 e. The molecule has 1 aliphatic rings. The van der Waals surface area contributed by atoms with Crippen LogP contribution in [0.5, 0.6) is 0 Å². The summed E-state index contributed by atoms with van der Waals surface area (Å²) < 4.78 is 1.33. The van der Waals surface area contributed by atoms with Crippen LogP contribution in [0.4, 0.5) is 0 Å². The molecule has 7 nitrogen and oxygen atoms in total. The lowest BCUT2D eigenvalue weighted by Gasteiger charge is -2.34. The highest BCUT2D eigenvalue weighted by Gasteiger charge is 2.22. The van der Waals surface area contributed by atoms with Crippen molar-refractivity contribution in [2.45, 2.75) is 19.5 Å². The van der Waals surface area contributed by atoms with E-state index in [-0.39, 0.29) is 18.0 Å². The number of amides is 1.